The first-order chi connectivity index (χ1) is 9.14. The van der Waals surface area contributed by atoms with Crippen LogP contribution in [0.2, 0.25) is 0 Å². The second-order valence-electron chi connectivity index (χ2n) is 4.99. The van der Waals surface area contributed by atoms with Crippen molar-refractivity contribution in [1.29, 1.82) is 0 Å². The van der Waals surface area contributed by atoms with E-state index in [9.17, 15) is 0 Å². The fraction of sp³-hybridized carbons (Fsp3) is 0.538. The number of nitrogens with two attached hydrogens (primary N) is 1. The quantitative estimate of drug-likeness (QED) is 0.934. The lowest BCUT2D eigenvalue weighted by molar-refractivity contribution is -0.0178. The zero-order chi connectivity index (χ0) is 13.5. The molecule has 1 aliphatic carbocycles. The molecule has 0 unspecified atom stereocenters. The van der Waals surface area contributed by atoms with Crippen molar-refractivity contribution >= 4 is 16.3 Å². The Balaban J connectivity index is 1.97. The minimum atomic E-state index is -0.363. The first-order valence-electron chi connectivity index (χ1n) is 6.40. The molecule has 0 amide bonds. The minimum absolute atomic E-state index is 0.363. The van der Waals surface area contributed by atoms with Gasteiger partial charge in [0.25, 0.3) is 5.89 Å². The van der Waals surface area contributed by atoms with Crippen LogP contribution in [-0.2, 0) is 10.3 Å². The summed E-state index contributed by atoms with van der Waals surface area (Å²) in [6.45, 7) is 1.99. The molecule has 102 valence electrons. The molecule has 0 aliphatic heterocycles. The average molecular weight is 279 g/mol. The summed E-state index contributed by atoms with van der Waals surface area (Å²) < 4.78 is 11.1. The number of ether oxygens (including phenoxy) is 1. The van der Waals surface area contributed by atoms with Crippen LogP contribution in [0.3, 0.4) is 0 Å². The van der Waals surface area contributed by atoms with E-state index in [1.165, 1.54) is 11.3 Å². The molecule has 3 rings (SSSR count). The van der Waals surface area contributed by atoms with Gasteiger partial charge in [0.15, 0.2) is 0 Å². The van der Waals surface area contributed by atoms with Crippen LogP contribution in [0, 0.1) is 6.92 Å². The standard InChI is InChI=1S/C13H17N3O2S/c1-8-7-9(14)19-10(8)11-15-12(16-18-11)13(17-2)5-3-4-6-13/h7H,3-6,14H2,1-2H3. The second kappa shape index (κ2) is 4.61. The van der Waals surface area contributed by atoms with Crippen LogP contribution in [0.25, 0.3) is 10.8 Å². The average Bonchev–Trinajstić information content (AvgIpc) is 3.08. The Bertz CT molecular complexity index is 584. The summed E-state index contributed by atoms with van der Waals surface area (Å²) in [7, 11) is 1.72. The van der Waals surface area contributed by atoms with Gasteiger partial charge in [-0.3, -0.25) is 0 Å². The van der Waals surface area contributed by atoms with Crippen molar-refractivity contribution in [2.45, 2.75) is 38.2 Å². The highest BCUT2D eigenvalue weighted by Gasteiger charge is 2.40. The number of nitrogen functional groups attached to an aromatic ring is 1. The summed E-state index contributed by atoms with van der Waals surface area (Å²) in [4.78, 5) is 5.48. The molecule has 19 heavy (non-hydrogen) atoms. The maximum atomic E-state index is 5.80. The predicted octanol–water partition coefficient (Wildman–Crippen LogP) is 3.10. The zero-order valence-corrected chi connectivity index (χ0v) is 11.9. The molecule has 0 saturated heterocycles. The van der Waals surface area contributed by atoms with E-state index < -0.39 is 0 Å². The van der Waals surface area contributed by atoms with Crippen LogP contribution in [0.15, 0.2) is 10.6 Å². The topological polar surface area (TPSA) is 74.2 Å². The van der Waals surface area contributed by atoms with Crippen molar-refractivity contribution in [3.8, 4) is 10.8 Å². The van der Waals surface area contributed by atoms with Crippen molar-refractivity contribution < 1.29 is 9.26 Å². The Morgan fingerprint density at radius 3 is 2.74 bits per heavy atom. The molecule has 0 spiro atoms. The summed E-state index contributed by atoms with van der Waals surface area (Å²) in [5, 5.41) is 4.88. The summed E-state index contributed by atoms with van der Waals surface area (Å²) in [6.07, 6.45) is 4.19. The third-order valence-electron chi connectivity index (χ3n) is 3.77. The summed E-state index contributed by atoms with van der Waals surface area (Å²) in [5.74, 6) is 1.20. The number of methoxy groups -OCH3 is 1. The zero-order valence-electron chi connectivity index (χ0n) is 11.1. The molecule has 0 aromatic carbocycles. The van der Waals surface area contributed by atoms with E-state index in [-0.39, 0.29) is 5.60 Å². The molecule has 2 heterocycles. The van der Waals surface area contributed by atoms with Crippen molar-refractivity contribution in [3.63, 3.8) is 0 Å². The molecule has 2 aromatic heterocycles. The number of nitrogens with zero attached hydrogens (tertiary/aromatic N) is 2. The molecule has 0 radical (unpaired) electrons. The van der Waals surface area contributed by atoms with Crippen LogP contribution in [-0.4, -0.2) is 17.3 Å². The lowest BCUT2D eigenvalue weighted by Gasteiger charge is -2.22. The van der Waals surface area contributed by atoms with Crippen LogP contribution in [0.4, 0.5) is 5.00 Å². The molecular formula is C13H17N3O2S. The van der Waals surface area contributed by atoms with Gasteiger partial charge in [-0.2, -0.15) is 4.98 Å². The Kier molecular flexibility index (Phi) is 3.06. The SMILES string of the molecule is COC1(c2noc(-c3sc(N)cc3C)n2)CCCC1. The number of hydrogen-bond donors (Lipinski definition) is 1. The van der Waals surface area contributed by atoms with E-state index in [4.69, 9.17) is 15.0 Å². The Labute approximate surface area is 115 Å². The second-order valence-corrected chi connectivity index (χ2v) is 6.07. The predicted molar refractivity (Wildman–Crippen MR) is 73.9 cm³/mol. The van der Waals surface area contributed by atoms with Gasteiger partial charge in [-0.25, -0.2) is 0 Å². The van der Waals surface area contributed by atoms with Crippen molar-refractivity contribution in [1.82, 2.24) is 10.1 Å². The van der Waals surface area contributed by atoms with Crippen molar-refractivity contribution in [2.24, 2.45) is 0 Å². The van der Waals surface area contributed by atoms with Gasteiger partial charge in [-0.1, -0.05) is 5.16 Å². The van der Waals surface area contributed by atoms with E-state index in [1.807, 2.05) is 13.0 Å². The molecule has 0 atom stereocenters. The number of hydrogen-bond acceptors (Lipinski definition) is 6. The van der Waals surface area contributed by atoms with E-state index in [1.54, 1.807) is 7.11 Å². The third-order valence-corrected chi connectivity index (χ3v) is 4.82. The smallest absolute Gasteiger partial charge is 0.268 e. The lowest BCUT2D eigenvalue weighted by Crippen LogP contribution is -2.25. The van der Waals surface area contributed by atoms with Gasteiger partial charge < -0.3 is 15.0 Å². The van der Waals surface area contributed by atoms with Crippen molar-refractivity contribution in [3.05, 3.63) is 17.5 Å². The van der Waals surface area contributed by atoms with E-state index in [2.05, 4.69) is 10.1 Å². The number of rotatable bonds is 3. The first-order valence-corrected chi connectivity index (χ1v) is 7.22. The minimum Gasteiger partial charge on any atom is -0.391 e. The molecule has 5 nitrogen and oxygen atoms in total. The Morgan fingerprint density at radius 1 is 1.42 bits per heavy atom. The molecular weight excluding hydrogens is 262 g/mol. The van der Waals surface area contributed by atoms with Gasteiger partial charge >= 0.3 is 0 Å². The maximum absolute atomic E-state index is 5.80. The van der Waals surface area contributed by atoms with Crippen LogP contribution >= 0.6 is 11.3 Å². The Hall–Kier alpha value is -1.40. The molecule has 6 heteroatoms. The van der Waals surface area contributed by atoms with Gasteiger partial charge in [0.1, 0.15) is 5.60 Å². The number of thiophene rings is 1. The number of aryl methyl sites for hydroxylation is 1. The molecule has 2 N–H and O–H groups in total. The fourth-order valence-electron chi connectivity index (χ4n) is 2.68. The molecule has 1 aliphatic rings. The summed E-state index contributed by atoms with van der Waals surface area (Å²) >= 11 is 1.47. The molecule has 0 bridgehead atoms. The van der Waals surface area contributed by atoms with Gasteiger partial charge in [0, 0.05) is 7.11 Å². The molecule has 1 fully saturated rings. The van der Waals surface area contributed by atoms with Crippen LogP contribution in [0.5, 0.6) is 0 Å². The highest BCUT2D eigenvalue weighted by molar-refractivity contribution is 7.19. The van der Waals surface area contributed by atoms with E-state index >= 15 is 0 Å². The maximum Gasteiger partial charge on any atom is 0.268 e. The lowest BCUT2D eigenvalue weighted by atomic mass is 10.0. The normalized spacial score (nSPS) is 18.0. The highest BCUT2D eigenvalue weighted by atomic mass is 32.1. The number of anilines is 1. The van der Waals surface area contributed by atoms with Crippen molar-refractivity contribution in [2.75, 3.05) is 12.8 Å². The number of aromatic nitrogens is 2. The Morgan fingerprint density at radius 2 is 2.16 bits per heavy atom. The molecule has 2 aromatic rings. The van der Waals surface area contributed by atoms with Gasteiger partial charge in [-0.05, 0) is 44.2 Å². The highest BCUT2D eigenvalue weighted by Crippen LogP contribution is 2.41. The first kappa shape index (κ1) is 12.6. The van der Waals surface area contributed by atoms with Gasteiger partial charge in [-0.15, -0.1) is 11.3 Å². The summed E-state index contributed by atoms with van der Waals surface area (Å²) in [5.41, 5.74) is 6.50. The van der Waals surface area contributed by atoms with E-state index in [0.29, 0.717) is 11.7 Å². The van der Waals surface area contributed by atoms with Gasteiger partial charge in [0.2, 0.25) is 5.82 Å². The van der Waals surface area contributed by atoms with Crippen LogP contribution < -0.4 is 5.73 Å². The largest absolute Gasteiger partial charge is 0.391 e. The summed E-state index contributed by atoms with van der Waals surface area (Å²) in [6, 6.07) is 1.92. The fourth-order valence-corrected chi connectivity index (χ4v) is 3.55. The molecule has 1 saturated carbocycles. The third kappa shape index (κ3) is 2.04. The van der Waals surface area contributed by atoms with Crippen LogP contribution in [0.1, 0.15) is 37.1 Å². The van der Waals surface area contributed by atoms with E-state index in [0.717, 1.165) is 41.1 Å². The monoisotopic (exact) mass is 279 g/mol. The van der Waals surface area contributed by atoms with Gasteiger partial charge in [0.05, 0.1) is 9.88 Å².